The zero-order valence-corrected chi connectivity index (χ0v) is 12.7. The molecule has 2 N–H and O–H groups in total. The van der Waals surface area contributed by atoms with Crippen molar-refractivity contribution in [2.45, 2.75) is 26.3 Å². The summed E-state index contributed by atoms with van der Waals surface area (Å²) >= 11 is 3.39. The first-order valence-electron chi connectivity index (χ1n) is 6.37. The number of fused-ring (bicyclic) bond motifs is 1. The fraction of sp³-hybridized carbons (Fsp3) is 0.429. The largest absolute Gasteiger partial charge is 0.394 e. The zero-order valence-electron chi connectivity index (χ0n) is 11.1. The highest BCUT2D eigenvalue weighted by Gasteiger charge is 2.12. The van der Waals surface area contributed by atoms with E-state index in [-0.39, 0.29) is 12.6 Å². The van der Waals surface area contributed by atoms with Crippen molar-refractivity contribution in [3.8, 4) is 0 Å². The third-order valence-corrected chi connectivity index (χ3v) is 3.31. The van der Waals surface area contributed by atoms with Gasteiger partial charge in [-0.15, -0.1) is 0 Å². The van der Waals surface area contributed by atoms with E-state index < -0.39 is 0 Å². The molecule has 0 spiro atoms. The molecule has 0 saturated carbocycles. The second kappa shape index (κ2) is 6.30. The van der Waals surface area contributed by atoms with Gasteiger partial charge in [0, 0.05) is 22.9 Å². The first-order valence-corrected chi connectivity index (χ1v) is 7.17. The fourth-order valence-electron chi connectivity index (χ4n) is 2.09. The number of aromatic nitrogens is 2. The summed E-state index contributed by atoms with van der Waals surface area (Å²) in [6.45, 7) is 4.40. The molecule has 102 valence electrons. The molecule has 0 saturated heterocycles. The summed E-state index contributed by atoms with van der Waals surface area (Å²) in [7, 11) is 0. The minimum absolute atomic E-state index is 0.0380. The Morgan fingerprint density at radius 1 is 1.37 bits per heavy atom. The summed E-state index contributed by atoms with van der Waals surface area (Å²) in [6.07, 6.45) is 4.42. The Morgan fingerprint density at radius 3 is 2.84 bits per heavy atom. The van der Waals surface area contributed by atoms with Gasteiger partial charge in [0.25, 0.3) is 0 Å². The van der Waals surface area contributed by atoms with Gasteiger partial charge in [0.2, 0.25) is 0 Å². The van der Waals surface area contributed by atoms with Gasteiger partial charge in [-0.3, -0.25) is 9.97 Å². The lowest BCUT2D eigenvalue weighted by molar-refractivity contribution is 0.259. The topological polar surface area (TPSA) is 58.0 Å². The van der Waals surface area contributed by atoms with E-state index in [0.29, 0.717) is 5.92 Å². The Bertz CT molecular complexity index is 559. The predicted molar refractivity (Wildman–Crippen MR) is 81.2 cm³/mol. The van der Waals surface area contributed by atoms with Gasteiger partial charge in [-0.25, -0.2) is 0 Å². The number of hydrogen-bond donors (Lipinski definition) is 2. The molecular weight excluding hydrogens is 306 g/mol. The highest BCUT2D eigenvalue weighted by atomic mass is 79.9. The molecule has 19 heavy (non-hydrogen) atoms. The van der Waals surface area contributed by atoms with E-state index in [1.807, 2.05) is 12.1 Å². The molecule has 2 aromatic rings. The summed E-state index contributed by atoms with van der Waals surface area (Å²) in [5, 5.41) is 12.8. The van der Waals surface area contributed by atoms with Gasteiger partial charge >= 0.3 is 0 Å². The third kappa shape index (κ3) is 3.64. The summed E-state index contributed by atoms with van der Waals surface area (Å²) in [5.74, 6) is 0.528. The van der Waals surface area contributed by atoms with Crippen molar-refractivity contribution in [3.63, 3.8) is 0 Å². The van der Waals surface area contributed by atoms with Crippen LogP contribution in [0.25, 0.3) is 11.0 Å². The van der Waals surface area contributed by atoms with E-state index in [2.05, 4.69) is 45.1 Å². The number of pyridine rings is 2. The van der Waals surface area contributed by atoms with Crippen LogP contribution < -0.4 is 5.32 Å². The van der Waals surface area contributed by atoms with E-state index in [1.54, 1.807) is 12.4 Å². The van der Waals surface area contributed by atoms with E-state index in [0.717, 1.165) is 27.6 Å². The molecule has 1 atom stereocenters. The Morgan fingerprint density at radius 2 is 2.16 bits per heavy atom. The van der Waals surface area contributed by atoms with Crippen molar-refractivity contribution >= 4 is 32.7 Å². The van der Waals surface area contributed by atoms with Crippen LogP contribution in [0, 0.1) is 5.92 Å². The van der Waals surface area contributed by atoms with Gasteiger partial charge in [-0.2, -0.15) is 0 Å². The molecule has 0 aromatic carbocycles. The molecule has 0 radical (unpaired) electrons. The lowest BCUT2D eigenvalue weighted by Gasteiger charge is -2.20. The van der Waals surface area contributed by atoms with Crippen LogP contribution >= 0.6 is 15.9 Å². The Hall–Kier alpha value is -1.20. The maximum atomic E-state index is 9.45. The van der Waals surface area contributed by atoms with Gasteiger partial charge < -0.3 is 10.4 Å². The van der Waals surface area contributed by atoms with Crippen LogP contribution in [0.3, 0.4) is 0 Å². The highest BCUT2D eigenvalue weighted by Crippen LogP contribution is 2.23. The lowest BCUT2D eigenvalue weighted by atomic mass is 10.0. The van der Waals surface area contributed by atoms with Crippen molar-refractivity contribution in [3.05, 3.63) is 29.0 Å². The van der Waals surface area contributed by atoms with Crippen molar-refractivity contribution < 1.29 is 5.11 Å². The van der Waals surface area contributed by atoms with E-state index in [9.17, 15) is 5.11 Å². The Labute approximate surface area is 121 Å². The number of nitrogens with zero attached hydrogens (tertiary/aromatic N) is 2. The van der Waals surface area contributed by atoms with Gasteiger partial charge in [-0.1, -0.05) is 13.8 Å². The highest BCUT2D eigenvalue weighted by molar-refractivity contribution is 9.10. The van der Waals surface area contributed by atoms with E-state index in [1.165, 1.54) is 0 Å². The van der Waals surface area contributed by atoms with E-state index >= 15 is 0 Å². The molecule has 2 heterocycles. The molecule has 0 aliphatic carbocycles. The summed E-state index contributed by atoms with van der Waals surface area (Å²) < 4.78 is 0.908. The number of anilines is 1. The van der Waals surface area contributed by atoms with Crippen molar-refractivity contribution in [1.82, 2.24) is 9.97 Å². The number of hydrogen-bond acceptors (Lipinski definition) is 4. The fourth-order valence-corrected chi connectivity index (χ4v) is 2.41. The average molecular weight is 324 g/mol. The first-order chi connectivity index (χ1) is 9.10. The quantitative estimate of drug-likeness (QED) is 0.887. The van der Waals surface area contributed by atoms with Gasteiger partial charge in [0.15, 0.2) is 0 Å². The molecule has 0 aliphatic rings. The standard InChI is InChI=1S/C14H18BrN3O/c1-9(2)5-11(8-19)18-12-3-4-16-13-6-10(15)7-17-14(12)13/h3-4,6-7,9,11,19H,5,8H2,1-2H3,(H,16,18). The molecule has 0 amide bonds. The summed E-state index contributed by atoms with van der Waals surface area (Å²) in [4.78, 5) is 8.70. The zero-order chi connectivity index (χ0) is 13.8. The molecule has 1 unspecified atom stereocenters. The third-order valence-electron chi connectivity index (χ3n) is 2.88. The maximum absolute atomic E-state index is 9.45. The van der Waals surface area contributed by atoms with Crippen LogP contribution in [-0.4, -0.2) is 27.7 Å². The number of aliphatic hydroxyl groups excluding tert-OH is 1. The van der Waals surface area contributed by atoms with Crippen LogP contribution in [0.1, 0.15) is 20.3 Å². The first kappa shape index (κ1) is 14.2. The summed E-state index contributed by atoms with van der Waals surface area (Å²) in [6, 6.07) is 3.87. The molecule has 0 bridgehead atoms. The van der Waals surface area contributed by atoms with Crippen LogP contribution in [-0.2, 0) is 0 Å². The molecule has 4 nitrogen and oxygen atoms in total. The van der Waals surface area contributed by atoms with Gasteiger partial charge in [-0.05, 0) is 40.4 Å². The molecule has 5 heteroatoms. The van der Waals surface area contributed by atoms with Crippen molar-refractivity contribution in [1.29, 1.82) is 0 Å². The van der Waals surface area contributed by atoms with Crippen LogP contribution in [0.5, 0.6) is 0 Å². The van der Waals surface area contributed by atoms with Crippen LogP contribution in [0.2, 0.25) is 0 Å². The maximum Gasteiger partial charge on any atom is 0.112 e. The van der Waals surface area contributed by atoms with Crippen LogP contribution in [0.4, 0.5) is 5.69 Å². The van der Waals surface area contributed by atoms with Gasteiger partial charge in [0.1, 0.15) is 5.52 Å². The number of rotatable bonds is 5. The smallest absolute Gasteiger partial charge is 0.112 e. The second-order valence-corrected chi connectivity index (χ2v) is 5.95. The van der Waals surface area contributed by atoms with E-state index in [4.69, 9.17) is 0 Å². The van der Waals surface area contributed by atoms with Crippen molar-refractivity contribution in [2.75, 3.05) is 11.9 Å². The normalized spacial score (nSPS) is 12.9. The number of nitrogens with one attached hydrogen (secondary N) is 1. The summed E-state index contributed by atoms with van der Waals surface area (Å²) in [5.41, 5.74) is 2.57. The number of aliphatic hydroxyl groups is 1. The Balaban J connectivity index is 2.29. The van der Waals surface area contributed by atoms with Gasteiger partial charge in [0.05, 0.1) is 17.8 Å². The minimum atomic E-state index is 0.0380. The molecular formula is C14H18BrN3O. The molecule has 2 rings (SSSR count). The molecule has 0 aliphatic heterocycles. The molecule has 0 fully saturated rings. The minimum Gasteiger partial charge on any atom is -0.394 e. The predicted octanol–water partition coefficient (Wildman–Crippen LogP) is 3.21. The van der Waals surface area contributed by atoms with Crippen molar-refractivity contribution in [2.24, 2.45) is 5.92 Å². The second-order valence-electron chi connectivity index (χ2n) is 5.03. The molecule has 2 aromatic heterocycles. The monoisotopic (exact) mass is 323 g/mol. The van der Waals surface area contributed by atoms with Crippen LogP contribution in [0.15, 0.2) is 29.0 Å². The average Bonchev–Trinajstić information content (AvgIpc) is 2.37. The SMILES string of the molecule is CC(C)CC(CO)Nc1ccnc2cc(Br)cnc12. The number of halogens is 1. The lowest BCUT2D eigenvalue weighted by Crippen LogP contribution is -2.25. The Kier molecular flexibility index (Phi) is 4.71.